The monoisotopic (exact) mass is 394 g/mol. The molecule has 2 rings (SSSR count). The minimum atomic E-state index is -4.44. The molecule has 0 bridgehead atoms. The molecule has 1 aromatic carbocycles. The number of nitrogens with zero attached hydrogens (tertiary/aromatic N) is 3. The van der Waals surface area contributed by atoms with Gasteiger partial charge >= 0.3 is 6.18 Å². The van der Waals surface area contributed by atoms with Crippen molar-refractivity contribution in [2.24, 2.45) is 7.05 Å². The van der Waals surface area contributed by atoms with Crippen molar-refractivity contribution >= 4 is 29.3 Å². The lowest BCUT2D eigenvalue weighted by molar-refractivity contribution is -0.136. The van der Waals surface area contributed by atoms with Gasteiger partial charge in [-0.1, -0.05) is 35.5 Å². The molecule has 25 heavy (non-hydrogen) atoms. The highest BCUT2D eigenvalue weighted by Gasteiger charge is 2.27. The molecule has 0 aliphatic carbocycles. The fourth-order valence-corrected chi connectivity index (χ4v) is 2.63. The average Bonchev–Trinajstić information content (AvgIpc) is 2.90. The molecular weight excluding hydrogens is 381 g/mol. The molecule has 0 saturated carbocycles. The van der Waals surface area contributed by atoms with Crippen LogP contribution < -0.4 is 10.1 Å². The molecule has 6 nitrogen and oxygen atoms in total. The molecular formula is C14H14ClF3N4O2S. The van der Waals surface area contributed by atoms with Crippen LogP contribution in [0, 0.1) is 0 Å². The maximum Gasteiger partial charge on any atom is 0.405 e. The van der Waals surface area contributed by atoms with Crippen LogP contribution in [-0.2, 0) is 18.4 Å². The van der Waals surface area contributed by atoms with Gasteiger partial charge in [-0.3, -0.25) is 4.79 Å². The first-order valence-corrected chi connectivity index (χ1v) is 8.34. The molecule has 0 fully saturated rings. The predicted octanol–water partition coefficient (Wildman–Crippen LogP) is 2.82. The molecule has 0 spiro atoms. The summed E-state index contributed by atoms with van der Waals surface area (Å²) in [5, 5.41) is 10.5. The lowest BCUT2D eigenvalue weighted by Crippen LogP contribution is -2.34. The summed E-state index contributed by atoms with van der Waals surface area (Å²) in [7, 11) is 1.67. The van der Waals surface area contributed by atoms with Crippen LogP contribution >= 0.6 is 23.4 Å². The van der Waals surface area contributed by atoms with E-state index >= 15 is 0 Å². The molecule has 2 aromatic rings. The van der Waals surface area contributed by atoms with Gasteiger partial charge in [-0.2, -0.15) is 13.2 Å². The zero-order valence-electron chi connectivity index (χ0n) is 13.0. The minimum Gasteiger partial charge on any atom is -0.484 e. The Hall–Kier alpha value is -1.94. The summed E-state index contributed by atoms with van der Waals surface area (Å²) in [5.41, 5.74) is 0. The third-order valence-electron chi connectivity index (χ3n) is 2.94. The molecule has 0 radical (unpaired) electrons. The van der Waals surface area contributed by atoms with E-state index in [1.807, 2.05) is 0 Å². The van der Waals surface area contributed by atoms with E-state index in [2.05, 4.69) is 10.2 Å². The zero-order valence-corrected chi connectivity index (χ0v) is 14.6. The fourth-order valence-electron chi connectivity index (χ4n) is 1.68. The molecule has 0 saturated heterocycles. The van der Waals surface area contributed by atoms with Crippen LogP contribution in [0.2, 0.25) is 5.02 Å². The normalized spacial score (nSPS) is 11.4. The van der Waals surface area contributed by atoms with Crippen molar-refractivity contribution in [2.45, 2.75) is 17.9 Å². The van der Waals surface area contributed by atoms with Crippen molar-refractivity contribution in [1.82, 2.24) is 20.1 Å². The van der Waals surface area contributed by atoms with Gasteiger partial charge in [-0.05, 0) is 12.1 Å². The van der Waals surface area contributed by atoms with Crippen molar-refractivity contribution in [3.8, 4) is 5.75 Å². The number of rotatable bonds is 7. The van der Waals surface area contributed by atoms with Crippen LogP contribution in [0.15, 0.2) is 29.4 Å². The van der Waals surface area contributed by atoms with Crippen LogP contribution in [0.25, 0.3) is 0 Å². The Kier molecular flexibility index (Phi) is 6.54. The standard InChI is InChI=1S/C14H14ClF3N4O2S/c1-22-11(6-24-10-5-3-2-4-9(10)15)20-21-13(22)25-7-12(23)19-8-14(16,17)18/h2-5H,6-8H2,1H3,(H,19,23). The second kappa shape index (κ2) is 8.43. The van der Waals surface area contributed by atoms with Gasteiger partial charge in [0.15, 0.2) is 11.0 Å². The third-order valence-corrected chi connectivity index (χ3v) is 4.27. The lowest BCUT2D eigenvalue weighted by Gasteiger charge is -2.08. The molecule has 136 valence electrons. The molecule has 1 aromatic heterocycles. The Labute approximate surface area is 150 Å². The number of hydrogen-bond acceptors (Lipinski definition) is 5. The number of para-hydroxylation sites is 1. The number of amides is 1. The van der Waals surface area contributed by atoms with Gasteiger partial charge in [-0.25, -0.2) is 0 Å². The molecule has 0 aliphatic rings. The molecule has 1 amide bonds. The number of benzene rings is 1. The van der Waals surface area contributed by atoms with E-state index < -0.39 is 18.6 Å². The number of carbonyl (C=O) groups excluding carboxylic acids is 1. The lowest BCUT2D eigenvalue weighted by atomic mass is 10.3. The number of aromatic nitrogens is 3. The van der Waals surface area contributed by atoms with Gasteiger partial charge in [0, 0.05) is 7.05 Å². The molecule has 11 heteroatoms. The van der Waals surface area contributed by atoms with Gasteiger partial charge in [0.05, 0.1) is 10.8 Å². The van der Waals surface area contributed by atoms with E-state index in [4.69, 9.17) is 16.3 Å². The van der Waals surface area contributed by atoms with Crippen LogP contribution in [0.1, 0.15) is 5.82 Å². The Balaban J connectivity index is 1.86. The van der Waals surface area contributed by atoms with E-state index in [1.54, 1.807) is 41.2 Å². The first-order valence-electron chi connectivity index (χ1n) is 6.98. The van der Waals surface area contributed by atoms with Crippen LogP contribution in [-0.4, -0.2) is 39.1 Å². The molecule has 1 N–H and O–H groups in total. The van der Waals surface area contributed by atoms with Gasteiger partial charge in [-0.15, -0.1) is 10.2 Å². The Morgan fingerprint density at radius 3 is 2.76 bits per heavy atom. The second-order valence-corrected chi connectivity index (χ2v) is 6.21. The maximum absolute atomic E-state index is 12.0. The quantitative estimate of drug-likeness (QED) is 0.731. The number of ether oxygens (including phenoxy) is 1. The summed E-state index contributed by atoms with van der Waals surface area (Å²) >= 11 is 6.97. The second-order valence-electron chi connectivity index (χ2n) is 4.86. The highest BCUT2D eigenvalue weighted by atomic mass is 35.5. The SMILES string of the molecule is Cn1c(COc2ccccc2Cl)nnc1SCC(=O)NCC(F)(F)F. The number of hydrogen-bond donors (Lipinski definition) is 1. The highest BCUT2D eigenvalue weighted by molar-refractivity contribution is 7.99. The van der Waals surface area contributed by atoms with Crippen molar-refractivity contribution in [1.29, 1.82) is 0 Å². The topological polar surface area (TPSA) is 69.0 Å². The summed E-state index contributed by atoms with van der Waals surface area (Å²) in [6.07, 6.45) is -4.44. The molecule has 1 heterocycles. The van der Waals surface area contributed by atoms with Crippen molar-refractivity contribution < 1.29 is 22.7 Å². The number of thioether (sulfide) groups is 1. The smallest absolute Gasteiger partial charge is 0.405 e. The molecule has 0 unspecified atom stereocenters. The van der Waals surface area contributed by atoms with E-state index in [9.17, 15) is 18.0 Å². The maximum atomic E-state index is 12.0. The predicted molar refractivity (Wildman–Crippen MR) is 86.6 cm³/mol. The number of nitrogens with one attached hydrogen (secondary N) is 1. The Bertz CT molecular complexity index is 739. The number of alkyl halides is 3. The largest absolute Gasteiger partial charge is 0.484 e. The van der Waals surface area contributed by atoms with E-state index in [0.717, 1.165) is 11.8 Å². The average molecular weight is 395 g/mol. The highest BCUT2D eigenvalue weighted by Crippen LogP contribution is 2.24. The fraction of sp³-hybridized carbons (Fsp3) is 0.357. The van der Waals surface area contributed by atoms with E-state index in [0.29, 0.717) is 21.8 Å². The van der Waals surface area contributed by atoms with Gasteiger partial charge < -0.3 is 14.6 Å². The minimum absolute atomic E-state index is 0.105. The molecule has 0 aliphatic heterocycles. The third kappa shape index (κ3) is 6.13. The Morgan fingerprint density at radius 1 is 1.36 bits per heavy atom. The summed E-state index contributed by atoms with van der Waals surface area (Å²) < 4.78 is 43.2. The van der Waals surface area contributed by atoms with Crippen molar-refractivity contribution in [3.05, 3.63) is 35.1 Å². The Morgan fingerprint density at radius 2 is 2.08 bits per heavy atom. The summed E-state index contributed by atoms with van der Waals surface area (Å²) in [5.74, 6) is 0.0400. The number of carbonyl (C=O) groups is 1. The van der Waals surface area contributed by atoms with E-state index in [1.165, 1.54) is 0 Å². The van der Waals surface area contributed by atoms with Gasteiger partial charge in [0.1, 0.15) is 18.9 Å². The van der Waals surface area contributed by atoms with Crippen LogP contribution in [0.3, 0.4) is 0 Å². The first kappa shape index (κ1) is 19.4. The zero-order chi connectivity index (χ0) is 18.4. The van der Waals surface area contributed by atoms with Gasteiger partial charge in [0.25, 0.3) is 0 Å². The first-order chi connectivity index (χ1) is 11.8. The van der Waals surface area contributed by atoms with Gasteiger partial charge in [0.2, 0.25) is 5.91 Å². The number of halogens is 4. The van der Waals surface area contributed by atoms with Crippen LogP contribution in [0.4, 0.5) is 13.2 Å². The van der Waals surface area contributed by atoms with Crippen molar-refractivity contribution in [2.75, 3.05) is 12.3 Å². The summed E-state index contributed by atoms with van der Waals surface area (Å²) in [6.45, 7) is -1.25. The molecule has 0 atom stereocenters. The summed E-state index contributed by atoms with van der Waals surface area (Å²) in [4.78, 5) is 11.4. The van der Waals surface area contributed by atoms with Crippen molar-refractivity contribution in [3.63, 3.8) is 0 Å². The summed E-state index contributed by atoms with van der Waals surface area (Å²) in [6, 6.07) is 6.95. The van der Waals surface area contributed by atoms with E-state index in [-0.39, 0.29) is 12.4 Å². The van der Waals surface area contributed by atoms with Crippen LogP contribution in [0.5, 0.6) is 5.75 Å².